The van der Waals surface area contributed by atoms with Crippen LogP contribution in [0.5, 0.6) is 0 Å². The molecule has 0 bridgehead atoms. The number of anilines is 1. The van der Waals surface area contributed by atoms with Crippen molar-refractivity contribution in [3.8, 4) is 0 Å². The molecule has 0 spiro atoms. The highest BCUT2D eigenvalue weighted by molar-refractivity contribution is 9.10. The molecule has 0 atom stereocenters. The Labute approximate surface area is 110 Å². The number of amides is 1. The number of carbonyl (C=O) groups excluding carboxylic acids is 1. The van der Waals surface area contributed by atoms with Gasteiger partial charge in [0.25, 0.3) is 5.91 Å². The van der Waals surface area contributed by atoms with Crippen LogP contribution in [-0.2, 0) is 0 Å². The first-order chi connectivity index (χ1) is 8.49. The van der Waals surface area contributed by atoms with Gasteiger partial charge >= 0.3 is 0 Å². The molecule has 1 aromatic carbocycles. The Bertz CT molecular complexity index is 610. The average molecular weight is 316 g/mol. The minimum atomic E-state index is -0.836. The second-order valence-corrected chi connectivity index (χ2v) is 4.39. The monoisotopic (exact) mass is 315 g/mol. The Morgan fingerprint density at radius 1 is 1.28 bits per heavy atom. The van der Waals surface area contributed by atoms with Crippen LogP contribution in [0.2, 0.25) is 0 Å². The topological polar surface area (TPSA) is 42.2 Å². The van der Waals surface area contributed by atoms with Crippen molar-refractivity contribution >= 4 is 27.5 Å². The fourth-order valence-electron chi connectivity index (χ4n) is 1.38. The molecule has 1 aromatic heterocycles. The van der Waals surface area contributed by atoms with Gasteiger partial charge in [-0.2, -0.15) is 0 Å². The molecule has 1 amide bonds. The molecule has 0 fully saturated rings. The summed E-state index contributed by atoms with van der Waals surface area (Å²) in [6, 6.07) is 5.29. The summed E-state index contributed by atoms with van der Waals surface area (Å²) in [5, 5.41) is 2.15. The lowest BCUT2D eigenvalue weighted by atomic mass is 10.2. The molecule has 1 heterocycles. The standard InChI is InChI=1S/C12H8BrF2NO2/c1-6-2-3-7(14)11(10(6)15)16-12(17)8-4-5-9(13)18-8/h2-5H,1H3,(H,16,17). The zero-order chi connectivity index (χ0) is 13.3. The SMILES string of the molecule is Cc1ccc(F)c(NC(=O)c2ccc(Br)o2)c1F. The number of benzene rings is 1. The van der Waals surface area contributed by atoms with Gasteiger partial charge in [0.15, 0.2) is 16.2 Å². The summed E-state index contributed by atoms with van der Waals surface area (Å²) in [5.74, 6) is -2.39. The molecule has 6 heteroatoms. The highest BCUT2D eigenvalue weighted by atomic mass is 79.9. The van der Waals surface area contributed by atoms with E-state index in [1.54, 1.807) is 0 Å². The van der Waals surface area contributed by atoms with Gasteiger partial charge in [0.1, 0.15) is 11.5 Å². The number of nitrogens with one attached hydrogen (secondary N) is 1. The fraction of sp³-hybridized carbons (Fsp3) is 0.0833. The molecule has 0 saturated heterocycles. The van der Waals surface area contributed by atoms with E-state index in [9.17, 15) is 13.6 Å². The van der Waals surface area contributed by atoms with E-state index >= 15 is 0 Å². The molecule has 3 nitrogen and oxygen atoms in total. The lowest BCUT2D eigenvalue weighted by molar-refractivity contribution is 0.0994. The van der Waals surface area contributed by atoms with Crippen LogP contribution in [-0.4, -0.2) is 5.91 Å². The lowest BCUT2D eigenvalue weighted by Gasteiger charge is -2.07. The number of aryl methyl sites for hydroxylation is 1. The minimum Gasteiger partial charge on any atom is -0.444 e. The first-order valence-corrected chi connectivity index (χ1v) is 5.79. The number of hydrogen-bond donors (Lipinski definition) is 1. The van der Waals surface area contributed by atoms with Crippen LogP contribution in [0, 0.1) is 18.6 Å². The first kappa shape index (κ1) is 12.8. The van der Waals surface area contributed by atoms with Crippen molar-refractivity contribution in [1.29, 1.82) is 0 Å². The van der Waals surface area contributed by atoms with Crippen molar-refractivity contribution in [2.45, 2.75) is 6.92 Å². The zero-order valence-electron chi connectivity index (χ0n) is 9.26. The summed E-state index contributed by atoms with van der Waals surface area (Å²) >= 11 is 3.03. The van der Waals surface area contributed by atoms with Gasteiger partial charge in [-0.15, -0.1) is 0 Å². The van der Waals surface area contributed by atoms with Gasteiger partial charge in [0, 0.05) is 0 Å². The van der Waals surface area contributed by atoms with Gasteiger partial charge in [0.2, 0.25) is 0 Å². The van der Waals surface area contributed by atoms with Gasteiger partial charge in [-0.3, -0.25) is 4.79 Å². The lowest BCUT2D eigenvalue weighted by Crippen LogP contribution is -2.14. The van der Waals surface area contributed by atoms with Gasteiger partial charge in [-0.1, -0.05) is 6.07 Å². The fourth-order valence-corrected chi connectivity index (χ4v) is 1.69. The third-order valence-corrected chi connectivity index (χ3v) is 2.75. The van der Waals surface area contributed by atoms with E-state index < -0.39 is 23.2 Å². The van der Waals surface area contributed by atoms with Gasteiger partial charge in [-0.05, 0) is 46.6 Å². The van der Waals surface area contributed by atoms with Crippen LogP contribution >= 0.6 is 15.9 Å². The second kappa shape index (κ2) is 4.89. The maximum atomic E-state index is 13.6. The van der Waals surface area contributed by atoms with Crippen LogP contribution in [0.15, 0.2) is 33.4 Å². The van der Waals surface area contributed by atoms with Gasteiger partial charge in [-0.25, -0.2) is 8.78 Å². The second-order valence-electron chi connectivity index (χ2n) is 3.61. The van der Waals surface area contributed by atoms with Crippen molar-refractivity contribution in [1.82, 2.24) is 0 Å². The molecule has 0 saturated carbocycles. The normalized spacial score (nSPS) is 10.4. The number of rotatable bonds is 2. The summed E-state index contributed by atoms with van der Waals surface area (Å²) < 4.78 is 32.4. The minimum absolute atomic E-state index is 0.0396. The Morgan fingerprint density at radius 2 is 2.00 bits per heavy atom. The third-order valence-electron chi connectivity index (χ3n) is 2.32. The summed E-state index contributed by atoms with van der Waals surface area (Å²) in [4.78, 5) is 11.7. The van der Waals surface area contributed by atoms with E-state index in [-0.39, 0.29) is 11.3 Å². The smallest absolute Gasteiger partial charge is 0.291 e. The summed E-state index contributed by atoms with van der Waals surface area (Å²) in [7, 11) is 0. The summed E-state index contributed by atoms with van der Waals surface area (Å²) in [5.41, 5.74) is -0.236. The maximum absolute atomic E-state index is 13.6. The quantitative estimate of drug-likeness (QED) is 0.913. The predicted octanol–water partition coefficient (Wildman–Crippen LogP) is 3.88. The van der Waals surface area contributed by atoms with Crippen LogP contribution < -0.4 is 5.32 Å². The molecule has 1 N–H and O–H groups in total. The number of carbonyl (C=O) groups is 1. The molecule has 0 aliphatic rings. The largest absolute Gasteiger partial charge is 0.444 e. The van der Waals surface area contributed by atoms with Gasteiger partial charge < -0.3 is 9.73 Å². The highest BCUT2D eigenvalue weighted by Crippen LogP contribution is 2.23. The van der Waals surface area contributed by atoms with Crippen molar-refractivity contribution in [2.75, 3.05) is 5.32 Å². The van der Waals surface area contributed by atoms with Crippen molar-refractivity contribution < 1.29 is 18.0 Å². The van der Waals surface area contributed by atoms with Crippen molar-refractivity contribution in [2.24, 2.45) is 0 Å². The summed E-state index contributed by atoms with van der Waals surface area (Å²) in [6.07, 6.45) is 0. The molecular weight excluding hydrogens is 308 g/mol. The number of hydrogen-bond acceptors (Lipinski definition) is 2. The van der Waals surface area contributed by atoms with E-state index in [0.29, 0.717) is 4.67 Å². The Kier molecular flexibility index (Phi) is 3.47. The highest BCUT2D eigenvalue weighted by Gasteiger charge is 2.17. The molecule has 0 aliphatic heterocycles. The maximum Gasteiger partial charge on any atom is 0.291 e. The van der Waals surface area contributed by atoms with E-state index in [1.165, 1.54) is 25.1 Å². The molecule has 2 aromatic rings. The van der Waals surface area contributed by atoms with Crippen LogP contribution in [0.1, 0.15) is 16.1 Å². The van der Waals surface area contributed by atoms with E-state index in [1.807, 2.05) is 0 Å². The zero-order valence-corrected chi connectivity index (χ0v) is 10.8. The number of halogens is 3. The molecule has 0 aliphatic carbocycles. The Hall–Kier alpha value is -1.69. The van der Waals surface area contributed by atoms with E-state index in [4.69, 9.17) is 4.42 Å². The molecule has 2 rings (SSSR count). The van der Waals surface area contributed by atoms with Crippen LogP contribution in [0.4, 0.5) is 14.5 Å². The third kappa shape index (κ3) is 2.43. The molecule has 0 radical (unpaired) electrons. The van der Waals surface area contributed by atoms with Gasteiger partial charge in [0.05, 0.1) is 0 Å². The summed E-state index contributed by atoms with van der Waals surface area (Å²) in [6.45, 7) is 1.48. The molecule has 94 valence electrons. The average Bonchev–Trinajstić information content (AvgIpc) is 2.76. The van der Waals surface area contributed by atoms with Crippen LogP contribution in [0.3, 0.4) is 0 Å². The van der Waals surface area contributed by atoms with E-state index in [2.05, 4.69) is 21.2 Å². The first-order valence-electron chi connectivity index (χ1n) is 5.00. The molecular formula is C12H8BrF2NO2. The van der Waals surface area contributed by atoms with Crippen LogP contribution in [0.25, 0.3) is 0 Å². The number of furan rings is 1. The molecule has 18 heavy (non-hydrogen) atoms. The van der Waals surface area contributed by atoms with Crippen molar-refractivity contribution in [3.63, 3.8) is 0 Å². The molecule has 0 unspecified atom stereocenters. The van der Waals surface area contributed by atoms with E-state index in [0.717, 1.165) is 6.07 Å². The van der Waals surface area contributed by atoms with Crippen molar-refractivity contribution in [3.05, 3.63) is 51.9 Å². The predicted molar refractivity (Wildman–Crippen MR) is 65.5 cm³/mol. The Balaban J connectivity index is 2.30. The Morgan fingerprint density at radius 3 is 2.61 bits per heavy atom.